The highest BCUT2D eigenvalue weighted by Crippen LogP contribution is 2.19. The molecule has 6 heteroatoms. The fourth-order valence-corrected chi connectivity index (χ4v) is 2.86. The first-order chi connectivity index (χ1) is 10.1. The Morgan fingerprint density at radius 3 is 2.81 bits per heavy atom. The number of carbonyl (C=O) groups excluding carboxylic acids is 1. The standard InChI is InChI=1S/C15H13N3O2S/c1-9-8-21-15(16-9)17-14(20)11-7-13(19)18(2)12-6-4-3-5-10(11)12/h3-8H,1-2H3,(H,16,17,20). The number of anilines is 1. The van der Waals surface area contributed by atoms with Crippen LogP contribution in [0.2, 0.25) is 0 Å². The van der Waals surface area contributed by atoms with Crippen molar-refractivity contribution in [3.05, 3.63) is 57.3 Å². The highest BCUT2D eigenvalue weighted by atomic mass is 32.1. The van der Waals surface area contributed by atoms with Crippen LogP contribution in [-0.2, 0) is 7.05 Å². The number of thiazole rings is 1. The summed E-state index contributed by atoms with van der Waals surface area (Å²) in [5.74, 6) is -0.321. The number of pyridine rings is 1. The van der Waals surface area contributed by atoms with Gasteiger partial charge in [-0.25, -0.2) is 4.98 Å². The van der Waals surface area contributed by atoms with E-state index in [1.807, 2.05) is 36.6 Å². The minimum absolute atomic E-state index is 0.214. The first-order valence-corrected chi connectivity index (χ1v) is 7.26. The molecule has 0 saturated heterocycles. The van der Waals surface area contributed by atoms with Crippen LogP contribution in [0.1, 0.15) is 16.1 Å². The number of amides is 1. The number of para-hydroxylation sites is 1. The Bertz CT molecular complexity index is 895. The van der Waals surface area contributed by atoms with Gasteiger partial charge in [-0.3, -0.25) is 14.9 Å². The van der Waals surface area contributed by atoms with Gasteiger partial charge < -0.3 is 4.57 Å². The van der Waals surface area contributed by atoms with E-state index in [2.05, 4.69) is 10.3 Å². The molecule has 21 heavy (non-hydrogen) atoms. The van der Waals surface area contributed by atoms with Crippen LogP contribution in [0.15, 0.2) is 40.5 Å². The summed E-state index contributed by atoms with van der Waals surface area (Å²) < 4.78 is 1.53. The number of hydrogen-bond donors (Lipinski definition) is 1. The maximum absolute atomic E-state index is 12.4. The van der Waals surface area contributed by atoms with Gasteiger partial charge in [0.2, 0.25) is 0 Å². The van der Waals surface area contributed by atoms with Crippen molar-refractivity contribution in [3.63, 3.8) is 0 Å². The Kier molecular flexibility index (Phi) is 3.31. The van der Waals surface area contributed by atoms with Gasteiger partial charge in [0.05, 0.1) is 16.8 Å². The summed E-state index contributed by atoms with van der Waals surface area (Å²) in [6.45, 7) is 1.86. The molecule has 3 rings (SSSR count). The number of nitrogens with one attached hydrogen (secondary N) is 1. The van der Waals surface area contributed by atoms with Crippen molar-refractivity contribution < 1.29 is 4.79 Å². The Morgan fingerprint density at radius 2 is 2.10 bits per heavy atom. The molecular weight excluding hydrogens is 286 g/mol. The highest BCUT2D eigenvalue weighted by Gasteiger charge is 2.14. The van der Waals surface area contributed by atoms with Crippen molar-refractivity contribution in [3.8, 4) is 0 Å². The van der Waals surface area contributed by atoms with Gasteiger partial charge in [-0.2, -0.15) is 0 Å². The van der Waals surface area contributed by atoms with Crippen LogP contribution in [0.3, 0.4) is 0 Å². The zero-order valence-corrected chi connectivity index (χ0v) is 12.4. The molecule has 0 atom stereocenters. The first kappa shape index (κ1) is 13.5. The minimum atomic E-state index is -0.321. The van der Waals surface area contributed by atoms with Gasteiger partial charge in [-0.05, 0) is 13.0 Å². The van der Waals surface area contributed by atoms with Crippen LogP contribution in [-0.4, -0.2) is 15.5 Å². The molecule has 0 fully saturated rings. The van der Waals surface area contributed by atoms with Crippen molar-refractivity contribution in [1.29, 1.82) is 0 Å². The van der Waals surface area contributed by atoms with Crippen molar-refractivity contribution >= 4 is 33.3 Å². The lowest BCUT2D eigenvalue weighted by Gasteiger charge is -2.09. The molecule has 0 bridgehead atoms. The van der Waals surface area contributed by atoms with E-state index in [9.17, 15) is 9.59 Å². The van der Waals surface area contributed by atoms with E-state index < -0.39 is 0 Å². The normalized spacial score (nSPS) is 10.8. The maximum Gasteiger partial charge on any atom is 0.258 e. The smallest absolute Gasteiger partial charge is 0.258 e. The molecule has 0 saturated carbocycles. The lowest BCUT2D eigenvalue weighted by Crippen LogP contribution is -2.21. The molecule has 1 amide bonds. The second kappa shape index (κ2) is 5.14. The Labute approximate surface area is 124 Å². The van der Waals surface area contributed by atoms with Gasteiger partial charge in [-0.15, -0.1) is 11.3 Å². The number of carbonyl (C=O) groups is 1. The van der Waals surface area contributed by atoms with E-state index in [-0.39, 0.29) is 11.5 Å². The molecule has 0 radical (unpaired) electrons. The molecular formula is C15H13N3O2S. The molecule has 5 nitrogen and oxygen atoms in total. The summed E-state index contributed by atoms with van der Waals surface area (Å²) in [5, 5.41) is 5.87. The van der Waals surface area contributed by atoms with Crippen molar-refractivity contribution in [2.45, 2.75) is 6.92 Å². The van der Waals surface area contributed by atoms with Crippen molar-refractivity contribution in [1.82, 2.24) is 9.55 Å². The lowest BCUT2D eigenvalue weighted by atomic mass is 10.1. The summed E-state index contributed by atoms with van der Waals surface area (Å²) in [5.41, 5.74) is 1.73. The number of benzene rings is 1. The first-order valence-electron chi connectivity index (χ1n) is 6.38. The molecule has 0 spiro atoms. The third kappa shape index (κ3) is 2.45. The average molecular weight is 299 g/mol. The SMILES string of the molecule is Cc1csc(NC(=O)c2cc(=O)n(C)c3ccccc23)n1. The predicted octanol–water partition coefficient (Wildman–Crippen LogP) is 2.56. The van der Waals surface area contributed by atoms with E-state index in [0.717, 1.165) is 16.6 Å². The van der Waals surface area contributed by atoms with Crippen LogP contribution >= 0.6 is 11.3 Å². The molecule has 0 unspecified atom stereocenters. The third-order valence-corrected chi connectivity index (χ3v) is 4.11. The third-order valence-electron chi connectivity index (χ3n) is 3.24. The fourth-order valence-electron chi connectivity index (χ4n) is 2.17. The van der Waals surface area contributed by atoms with Crippen LogP contribution in [0.4, 0.5) is 5.13 Å². The predicted molar refractivity (Wildman–Crippen MR) is 84.0 cm³/mol. The van der Waals surface area contributed by atoms with Crippen LogP contribution in [0.25, 0.3) is 10.9 Å². The second-order valence-corrected chi connectivity index (χ2v) is 5.58. The van der Waals surface area contributed by atoms with Crippen LogP contribution in [0.5, 0.6) is 0 Å². The molecule has 2 heterocycles. The van der Waals surface area contributed by atoms with Gasteiger partial charge >= 0.3 is 0 Å². The second-order valence-electron chi connectivity index (χ2n) is 4.72. The average Bonchev–Trinajstić information content (AvgIpc) is 2.88. The molecule has 0 aliphatic rings. The zero-order valence-electron chi connectivity index (χ0n) is 11.6. The lowest BCUT2D eigenvalue weighted by molar-refractivity contribution is 0.102. The molecule has 0 aliphatic carbocycles. The topological polar surface area (TPSA) is 64.0 Å². The van der Waals surface area contributed by atoms with Gasteiger partial charge in [0.25, 0.3) is 11.5 Å². The van der Waals surface area contributed by atoms with Gasteiger partial charge in [-0.1, -0.05) is 18.2 Å². The van der Waals surface area contributed by atoms with Crippen LogP contribution in [0, 0.1) is 6.92 Å². The van der Waals surface area contributed by atoms with E-state index in [0.29, 0.717) is 10.7 Å². The summed E-state index contributed by atoms with van der Waals surface area (Å²) >= 11 is 1.36. The Balaban J connectivity index is 2.09. The molecule has 2 aromatic heterocycles. The molecule has 1 N–H and O–H groups in total. The summed E-state index contributed by atoms with van der Waals surface area (Å²) in [7, 11) is 1.69. The monoisotopic (exact) mass is 299 g/mol. The maximum atomic E-state index is 12.4. The van der Waals surface area contributed by atoms with Crippen LogP contribution < -0.4 is 10.9 Å². The van der Waals surface area contributed by atoms with E-state index >= 15 is 0 Å². The molecule has 106 valence electrons. The number of aryl methyl sites for hydroxylation is 2. The van der Waals surface area contributed by atoms with E-state index in [1.54, 1.807) is 7.05 Å². The van der Waals surface area contributed by atoms with Crippen molar-refractivity contribution in [2.75, 3.05) is 5.32 Å². The quantitative estimate of drug-likeness (QED) is 0.791. The number of aromatic nitrogens is 2. The summed E-state index contributed by atoms with van der Waals surface area (Å²) in [4.78, 5) is 28.6. The van der Waals surface area contributed by atoms with Gasteiger partial charge in [0, 0.05) is 23.9 Å². The largest absolute Gasteiger partial charge is 0.311 e. The molecule has 0 aliphatic heterocycles. The zero-order chi connectivity index (χ0) is 15.0. The molecule has 1 aromatic carbocycles. The number of fused-ring (bicyclic) bond motifs is 1. The number of rotatable bonds is 2. The summed E-state index contributed by atoms with van der Waals surface area (Å²) in [6, 6.07) is 8.70. The minimum Gasteiger partial charge on any atom is -0.311 e. The van der Waals surface area contributed by atoms with Gasteiger partial charge in [0.1, 0.15) is 0 Å². The van der Waals surface area contributed by atoms with E-state index in [1.165, 1.54) is 22.0 Å². The highest BCUT2D eigenvalue weighted by molar-refractivity contribution is 7.13. The fraction of sp³-hybridized carbons (Fsp3) is 0.133. The Hall–Kier alpha value is -2.47. The molecule has 3 aromatic rings. The van der Waals surface area contributed by atoms with Gasteiger partial charge in [0.15, 0.2) is 5.13 Å². The van der Waals surface area contributed by atoms with Crippen molar-refractivity contribution in [2.24, 2.45) is 7.05 Å². The summed E-state index contributed by atoms with van der Waals surface area (Å²) in [6.07, 6.45) is 0. The Morgan fingerprint density at radius 1 is 1.33 bits per heavy atom. The van der Waals surface area contributed by atoms with E-state index in [4.69, 9.17) is 0 Å². The number of nitrogens with zero attached hydrogens (tertiary/aromatic N) is 2. The number of hydrogen-bond acceptors (Lipinski definition) is 4.